The Morgan fingerprint density at radius 3 is 1.39 bits per heavy atom. The van der Waals surface area contributed by atoms with Gasteiger partial charge in [0.2, 0.25) is 0 Å². The zero-order valence-electron chi connectivity index (χ0n) is 17.7. The molecule has 0 saturated heterocycles. The fourth-order valence-corrected chi connectivity index (χ4v) is 6.36. The van der Waals surface area contributed by atoms with Crippen LogP contribution in [0, 0.1) is 29.6 Å². The van der Waals surface area contributed by atoms with Crippen LogP contribution in [-0.2, 0) is 9.47 Å². The molecule has 162 valence electrons. The van der Waals surface area contributed by atoms with E-state index in [4.69, 9.17) is 9.47 Å². The quantitative estimate of drug-likeness (QED) is 0.503. The van der Waals surface area contributed by atoms with Crippen molar-refractivity contribution < 1.29 is 18.3 Å². The highest BCUT2D eigenvalue weighted by Crippen LogP contribution is 2.48. The first-order chi connectivity index (χ1) is 13.7. The van der Waals surface area contributed by atoms with E-state index < -0.39 is 24.6 Å². The van der Waals surface area contributed by atoms with Crippen molar-refractivity contribution in [3.8, 4) is 0 Å². The summed E-state index contributed by atoms with van der Waals surface area (Å²) in [6.07, 6.45) is 10.8. The largest absolute Gasteiger partial charge is 0.375 e. The zero-order valence-corrected chi connectivity index (χ0v) is 17.7. The lowest BCUT2D eigenvalue weighted by molar-refractivity contribution is -0.122. The molecule has 0 heterocycles. The van der Waals surface area contributed by atoms with Crippen molar-refractivity contribution in [1.29, 1.82) is 0 Å². The van der Waals surface area contributed by atoms with Gasteiger partial charge in [-0.2, -0.15) is 0 Å². The standard InChI is InChI=1S/C24H40F2O2/c1-2-27-21-13-14-22(24(26)23(21)25)28-15-16-3-5-17(6-4-16)18-7-9-19(10-8-18)20-11-12-20/h16-24H,2-15H2,1H3. The molecule has 4 heteroatoms. The molecule has 0 amide bonds. The third-order valence-corrected chi connectivity index (χ3v) is 8.34. The minimum Gasteiger partial charge on any atom is -0.375 e. The van der Waals surface area contributed by atoms with Crippen molar-refractivity contribution in [2.45, 2.75) is 109 Å². The number of rotatable bonds is 7. The molecular weight excluding hydrogens is 358 g/mol. The van der Waals surface area contributed by atoms with Crippen LogP contribution in [-0.4, -0.2) is 37.8 Å². The van der Waals surface area contributed by atoms with E-state index in [2.05, 4.69) is 0 Å². The number of hydrogen-bond donors (Lipinski definition) is 0. The molecule has 0 spiro atoms. The number of alkyl halides is 2. The average Bonchev–Trinajstić information content (AvgIpc) is 3.57. The lowest BCUT2D eigenvalue weighted by atomic mass is 9.68. The Bertz CT molecular complexity index is 467. The molecule has 0 N–H and O–H groups in total. The van der Waals surface area contributed by atoms with Crippen LogP contribution in [0.5, 0.6) is 0 Å². The maximum atomic E-state index is 14.4. The van der Waals surface area contributed by atoms with Gasteiger partial charge in [-0.1, -0.05) is 0 Å². The first kappa shape index (κ1) is 21.0. The van der Waals surface area contributed by atoms with Gasteiger partial charge in [-0.15, -0.1) is 0 Å². The second kappa shape index (κ2) is 9.73. The lowest BCUT2D eigenvalue weighted by Gasteiger charge is -2.39. The van der Waals surface area contributed by atoms with E-state index in [0.29, 0.717) is 32.0 Å². The minimum absolute atomic E-state index is 0.439. The van der Waals surface area contributed by atoms with Crippen molar-refractivity contribution in [1.82, 2.24) is 0 Å². The van der Waals surface area contributed by atoms with Gasteiger partial charge in [-0.05, 0) is 114 Å². The first-order valence-electron chi connectivity index (χ1n) is 12.2. The van der Waals surface area contributed by atoms with E-state index in [9.17, 15) is 8.78 Å². The second-order valence-corrected chi connectivity index (χ2v) is 10.1. The molecule has 4 fully saturated rings. The highest BCUT2D eigenvalue weighted by molar-refractivity contribution is 4.91. The van der Waals surface area contributed by atoms with Gasteiger partial charge >= 0.3 is 0 Å². The van der Waals surface area contributed by atoms with Crippen LogP contribution in [0.3, 0.4) is 0 Å². The average molecular weight is 399 g/mol. The summed E-state index contributed by atoms with van der Waals surface area (Å²) < 4.78 is 39.8. The Labute approximate surface area is 170 Å². The SMILES string of the molecule is CCOC1CCC(OCC2CCC(C3CCC(C4CC4)CC3)CC2)C(F)C1F. The van der Waals surface area contributed by atoms with E-state index in [0.717, 1.165) is 23.7 Å². The molecule has 0 radical (unpaired) electrons. The third-order valence-electron chi connectivity index (χ3n) is 8.34. The Kier molecular flexibility index (Phi) is 7.30. The van der Waals surface area contributed by atoms with Gasteiger partial charge < -0.3 is 9.47 Å². The van der Waals surface area contributed by atoms with Gasteiger partial charge in [0.05, 0.1) is 12.2 Å². The Balaban J connectivity index is 1.14. The monoisotopic (exact) mass is 398 g/mol. The maximum Gasteiger partial charge on any atom is 0.160 e. The smallest absolute Gasteiger partial charge is 0.160 e. The number of hydrogen-bond acceptors (Lipinski definition) is 2. The molecule has 4 unspecified atom stereocenters. The molecule has 0 aromatic rings. The molecule has 0 aromatic carbocycles. The molecule has 4 saturated carbocycles. The Hall–Kier alpha value is -0.220. The molecular formula is C24H40F2O2. The summed E-state index contributed by atoms with van der Waals surface area (Å²) in [5, 5.41) is 0. The Morgan fingerprint density at radius 2 is 0.964 bits per heavy atom. The van der Waals surface area contributed by atoms with Gasteiger partial charge in [-0.25, -0.2) is 8.78 Å². The van der Waals surface area contributed by atoms with Crippen LogP contribution in [0.4, 0.5) is 8.78 Å². The van der Waals surface area contributed by atoms with Crippen molar-refractivity contribution in [2.24, 2.45) is 29.6 Å². The van der Waals surface area contributed by atoms with E-state index in [1.165, 1.54) is 64.2 Å². The van der Waals surface area contributed by atoms with Gasteiger partial charge in [0.1, 0.15) is 0 Å². The Morgan fingerprint density at radius 1 is 0.571 bits per heavy atom. The summed E-state index contributed by atoms with van der Waals surface area (Å²) in [5.74, 6) is 4.52. The number of halogens is 2. The molecule has 4 aliphatic carbocycles. The van der Waals surface area contributed by atoms with E-state index in [1.54, 1.807) is 0 Å². The van der Waals surface area contributed by atoms with Crippen LogP contribution in [0.15, 0.2) is 0 Å². The highest BCUT2D eigenvalue weighted by Gasteiger charge is 2.42. The highest BCUT2D eigenvalue weighted by atomic mass is 19.2. The predicted octanol–water partition coefficient (Wildman–Crippen LogP) is 6.27. The van der Waals surface area contributed by atoms with Crippen molar-refractivity contribution in [2.75, 3.05) is 13.2 Å². The zero-order chi connectivity index (χ0) is 19.5. The second-order valence-electron chi connectivity index (χ2n) is 10.1. The van der Waals surface area contributed by atoms with Crippen LogP contribution < -0.4 is 0 Å². The fraction of sp³-hybridized carbons (Fsp3) is 1.00. The molecule has 4 atom stereocenters. The van der Waals surface area contributed by atoms with Crippen molar-refractivity contribution in [3.05, 3.63) is 0 Å². The van der Waals surface area contributed by atoms with Gasteiger partial charge in [0.25, 0.3) is 0 Å². The third kappa shape index (κ3) is 5.09. The summed E-state index contributed by atoms with van der Waals surface area (Å²) in [7, 11) is 0. The van der Waals surface area contributed by atoms with E-state index in [1.807, 2.05) is 6.92 Å². The fourth-order valence-electron chi connectivity index (χ4n) is 6.36. The molecule has 2 nitrogen and oxygen atoms in total. The molecule has 4 aliphatic rings. The summed E-state index contributed by atoms with van der Waals surface area (Å²) in [4.78, 5) is 0. The minimum atomic E-state index is -1.54. The summed E-state index contributed by atoms with van der Waals surface area (Å²) in [6.45, 7) is 2.88. The van der Waals surface area contributed by atoms with Crippen LogP contribution >= 0.6 is 0 Å². The molecule has 28 heavy (non-hydrogen) atoms. The van der Waals surface area contributed by atoms with Crippen molar-refractivity contribution in [3.63, 3.8) is 0 Å². The normalized spacial score (nSPS) is 45.1. The van der Waals surface area contributed by atoms with Gasteiger partial charge in [0.15, 0.2) is 12.3 Å². The first-order valence-corrected chi connectivity index (χ1v) is 12.2. The molecule has 4 rings (SSSR count). The predicted molar refractivity (Wildman–Crippen MR) is 108 cm³/mol. The van der Waals surface area contributed by atoms with Crippen LogP contribution in [0.2, 0.25) is 0 Å². The van der Waals surface area contributed by atoms with Crippen molar-refractivity contribution >= 4 is 0 Å². The van der Waals surface area contributed by atoms with Crippen LogP contribution in [0.1, 0.15) is 84.0 Å². The van der Waals surface area contributed by atoms with Crippen LogP contribution in [0.25, 0.3) is 0 Å². The maximum absolute atomic E-state index is 14.4. The number of ether oxygens (including phenoxy) is 2. The summed E-state index contributed by atoms with van der Waals surface area (Å²) >= 11 is 0. The van der Waals surface area contributed by atoms with Gasteiger partial charge in [0, 0.05) is 13.2 Å². The lowest BCUT2D eigenvalue weighted by Crippen LogP contribution is -2.47. The summed E-state index contributed by atoms with van der Waals surface area (Å²) in [6, 6.07) is 0. The molecule has 0 aliphatic heterocycles. The van der Waals surface area contributed by atoms with E-state index >= 15 is 0 Å². The van der Waals surface area contributed by atoms with Gasteiger partial charge in [-0.3, -0.25) is 0 Å². The molecule has 0 bridgehead atoms. The molecule has 0 aromatic heterocycles. The topological polar surface area (TPSA) is 18.5 Å². The summed E-state index contributed by atoms with van der Waals surface area (Å²) in [5.41, 5.74) is 0. The van der Waals surface area contributed by atoms with E-state index in [-0.39, 0.29) is 0 Å².